The summed E-state index contributed by atoms with van der Waals surface area (Å²) in [6.45, 7) is 4.47. The molecule has 0 amide bonds. The van der Waals surface area contributed by atoms with Crippen molar-refractivity contribution in [2.75, 3.05) is 25.1 Å². The van der Waals surface area contributed by atoms with Crippen LogP contribution < -0.4 is 9.64 Å². The van der Waals surface area contributed by atoms with Gasteiger partial charge in [0.05, 0.1) is 7.11 Å². The second-order valence-electron chi connectivity index (χ2n) is 5.67. The van der Waals surface area contributed by atoms with Gasteiger partial charge in [0.2, 0.25) is 0 Å². The number of anilines is 1. The van der Waals surface area contributed by atoms with Crippen LogP contribution in [-0.4, -0.2) is 20.2 Å². The number of ether oxygens (including phenoxy) is 1. The first-order chi connectivity index (χ1) is 10.8. The summed E-state index contributed by atoms with van der Waals surface area (Å²) in [5.74, 6) is 0.892. The number of rotatable bonds is 4. The van der Waals surface area contributed by atoms with E-state index in [9.17, 15) is 0 Å². The zero-order chi connectivity index (χ0) is 15.4. The SMILES string of the molecule is C/C=C(\c1ccc(OC)cc1)c1ccc(N2CCCC2)cc1. The van der Waals surface area contributed by atoms with Gasteiger partial charge in [-0.1, -0.05) is 30.3 Å². The van der Waals surface area contributed by atoms with Gasteiger partial charge in [-0.3, -0.25) is 0 Å². The largest absolute Gasteiger partial charge is 0.497 e. The zero-order valence-electron chi connectivity index (χ0n) is 13.4. The Labute approximate surface area is 133 Å². The van der Waals surface area contributed by atoms with Gasteiger partial charge in [0, 0.05) is 18.8 Å². The van der Waals surface area contributed by atoms with Crippen molar-refractivity contribution in [2.45, 2.75) is 19.8 Å². The maximum atomic E-state index is 5.24. The molecule has 0 N–H and O–H groups in total. The lowest BCUT2D eigenvalue weighted by Gasteiger charge is -2.18. The van der Waals surface area contributed by atoms with Crippen LogP contribution in [0.3, 0.4) is 0 Å². The van der Waals surface area contributed by atoms with E-state index < -0.39 is 0 Å². The minimum atomic E-state index is 0.892. The summed E-state index contributed by atoms with van der Waals surface area (Å²) in [7, 11) is 1.70. The first kappa shape index (κ1) is 14.7. The molecule has 114 valence electrons. The summed E-state index contributed by atoms with van der Waals surface area (Å²) >= 11 is 0. The van der Waals surface area contributed by atoms with Crippen LogP contribution in [0.1, 0.15) is 30.9 Å². The molecule has 2 nitrogen and oxygen atoms in total. The molecule has 2 aromatic rings. The van der Waals surface area contributed by atoms with E-state index in [1.807, 2.05) is 12.1 Å². The fraction of sp³-hybridized carbons (Fsp3) is 0.300. The van der Waals surface area contributed by atoms with E-state index in [2.05, 4.69) is 54.3 Å². The lowest BCUT2D eigenvalue weighted by molar-refractivity contribution is 0.415. The molecule has 2 heteroatoms. The molecular formula is C20H23NO. The monoisotopic (exact) mass is 293 g/mol. The predicted octanol–water partition coefficient (Wildman–Crippen LogP) is 4.75. The molecular weight excluding hydrogens is 270 g/mol. The molecule has 0 unspecified atom stereocenters. The van der Waals surface area contributed by atoms with Gasteiger partial charge in [-0.05, 0) is 60.7 Å². The molecule has 0 radical (unpaired) electrons. The molecule has 0 aromatic heterocycles. The normalized spacial score (nSPS) is 15.2. The highest BCUT2D eigenvalue weighted by Gasteiger charge is 2.12. The van der Waals surface area contributed by atoms with E-state index in [0.717, 1.165) is 5.75 Å². The number of hydrogen-bond acceptors (Lipinski definition) is 2. The number of nitrogens with zero attached hydrogens (tertiary/aromatic N) is 1. The Bertz CT molecular complexity index is 634. The van der Waals surface area contributed by atoms with Crippen LogP contribution in [0.2, 0.25) is 0 Å². The maximum Gasteiger partial charge on any atom is 0.118 e. The third kappa shape index (κ3) is 3.01. The summed E-state index contributed by atoms with van der Waals surface area (Å²) in [5, 5.41) is 0. The Morgan fingerprint density at radius 3 is 1.95 bits per heavy atom. The molecule has 0 aliphatic carbocycles. The van der Waals surface area contributed by atoms with E-state index >= 15 is 0 Å². The molecule has 22 heavy (non-hydrogen) atoms. The van der Waals surface area contributed by atoms with Gasteiger partial charge in [-0.15, -0.1) is 0 Å². The van der Waals surface area contributed by atoms with Crippen LogP contribution in [0.15, 0.2) is 54.6 Å². The molecule has 3 rings (SSSR count). The summed E-state index contributed by atoms with van der Waals surface area (Å²) in [6.07, 6.45) is 4.80. The number of hydrogen-bond donors (Lipinski definition) is 0. The lowest BCUT2D eigenvalue weighted by atomic mass is 9.97. The molecule has 0 saturated carbocycles. The Morgan fingerprint density at radius 2 is 1.45 bits per heavy atom. The van der Waals surface area contributed by atoms with Crippen molar-refractivity contribution in [1.82, 2.24) is 0 Å². The fourth-order valence-electron chi connectivity index (χ4n) is 3.10. The second-order valence-corrected chi connectivity index (χ2v) is 5.67. The van der Waals surface area contributed by atoms with Crippen molar-refractivity contribution in [3.8, 4) is 5.75 Å². The molecule has 2 aromatic carbocycles. The molecule has 0 bridgehead atoms. The molecule has 1 fully saturated rings. The van der Waals surface area contributed by atoms with Gasteiger partial charge in [-0.2, -0.15) is 0 Å². The summed E-state index contributed by atoms with van der Waals surface area (Å²) in [4.78, 5) is 2.46. The number of methoxy groups -OCH3 is 1. The quantitative estimate of drug-likeness (QED) is 0.807. The standard InChI is InChI=1S/C20H23NO/c1-3-20(17-8-12-19(22-2)13-9-17)16-6-10-18(11-7-16)21-14-4-5-15-21/h3,6-13H,4-5,14-15H2,1-2H3/b20-3-. The van der Waals surface area contributed by atoms with Crippen LogP contribution in [0, 0.1) is 0 Å². The topological polar surface area (TPSA) is 12.5 Å². The molecule has 1 saturated heterocycles. The molecule has 0 spiro atoms. The minimum absolute atomic E-state index is 0.892. The highest BCUT2D eigenvalue weighted by Crippen LogP contribution is 2.28. The first-order valence-corrected chi connectivity index (χ1v) is 7.98. The van der Waals surface area contributed by atoms with Crippen molar-refractivity contribution in [3.05, 3.63) is 65.7 Å². The van der Waals surface area contributed by atoms with Gasteiger partial charge < -0.3 is 9.64 Å². The van der Waals surface area contributed by atoms with E-state index in [-0.39, 0.29) is 0 Å². The van der Waals surface area contributed by atoms with Crippen LogP contribution in [-0.2, 0) is 0 Å². The second kappa shape index (κ2) is 6.69. The molecule has 1 aliphatic rings. The van der Waals surface area contributed by atoms with Crippen molar-refractivity contribution in [3.63, 3.8) is 0 Å². The van der Waals surface area contributed by atoms with Gasteiger partial charge in [-0.25, -0.2) is 0 Å². The van der Waals surface area contributed by atoms with Gasteiger partial charge in [0.25, 0.3) is 0 Å². The Kier molecular flexibility index (Phi) is 4.47. The van der Waals surface area contributed by atoms with Crippen LogP contribution in [0.5, 0.6) is 5.75 Å². The van der Waals surface area contributed by atoms with E-state index in [1.165, 1.54) is 48.3 Å². The van der Waals surface area contributed by atoms with Crippen LogP contribution in [0.25, 0.3) is 5.57 Å². The molecule has 1 aliphatic heterocycles. The van der Waals surface area contributed by atoms with E-state index in [4.69, 9.17) is 4.74 Å². The summed E-state index contributed by atoms with van der Waals surface area (Å²) in [6, 6.07) is 17.2. The van der Waals surface area contributed by atoms with Crippen molar-refractivity contribution >= 4 is 11.3 Å². The summed E-state index contributed by atoms with van der Waals surface area (Å²) < 4.78 is 5.24. The fourth-order valence-corrected chi connectivity index (χ4v) is 3.10. The minimum Gasteiger partial charge on any atom is -0.497 e. The smallest absolute Gasteiger partial charge is 0.118 e. The average Bonchev–Trinajstić information content (AvgIpc) is 3.11. The van der Waals surface area contributed by atoms with Crippen LogP contribution in [0.4, 0.5) is 5.69 Å². The Morgan fingerprint density at radius 1 is 0.909 bits per heavy atom. The van der Waals surface area contributed by atoms with Crippen molar-refractivity contribution < 1.29 is 4.74 Å². The highest BCUT2D eigenvalue weighted by atomic mass is 16.5. The first-order valence-electron chi connectivity index (χ1n) is 7.98. The number of benzene rings is 2. The maximum absolute atomic E-state index is 5.24. The van der Waals surface area contributed by atoms with Crippen molar-refractivity contribution in [1.29, 1.82) is 0 Å². The van der Waals surface area contributed by atoms with Crippen molar-refractivity contribution in [2.24, 2.45) is 0 Å². The lowest BCUT2D eigenvalue weighted by Crippen LogP contribution is -2.17. The molecule has 0 atom stereocenters. The third-order valence-corrected chi connectivity index (χ3v) is 4.34. The van der Waals surface area contributed by atoms with E-state index in [1.54, 1.807) is 7.11 Å². The number of allylic oxidation sites excluding steroid dienone is 1. The predicted molar refractivity (Wildman–Crippen MR) is 93.6 cm³/mol. The van der Waals surface area contributed by atoms with Gasteiger partial charge >= 0.3 is 0 Å². The Balaban J connectivity index is 1.83. The molecule has 1 heterocycles. The van der Waals surface area contributed by atoms with Gasteiger partial charge in [0.1, 0.15) is 5.75 Å². The van der Waals surface area contributed by atoms with E-state index in [0.29, 0.717) is 0 Å². The third-order valence-electron chi connectivity index (χ3n) is 4.34. The van der Waals surface area contributed by atoms with Crippen LogP contribution >= 0.6 is 0 Å². The average molecular weight is 293 g/mol. The Hall–Kier alpha value is -2.22. The highest BCUT2D eigenvalue weighted by molar-refractivity contribution is 5.80. The zero-order valence-corrected chi connectivity index (χ0v) is 13.4. The summed E-state index contributed by atoms with van der Waals surface area (Å²) in [5.41, 5.74) is 5.08. The van der Waals surface area contributed by atoms with Gasteiger partial charge in [0.15, 0.2) is 0 Å².